The number of nitrogens with zero attached hydrogens (tertiary/aromatic N) is 4. The number of likely N-dealkylation sites (tertiary alicyclic amines) is 1. The van der Waals surface area contributed by atoms with Crippen LogP contribution in [-0.4, -0.2) is 45.2 Å². The molecule has 7 heteroatoms. The molecule has 29 heavy (non-hydrogen) atoms. The van der Waals surface area contributed by atoms with Crippen molar-refractivity contribution >= 4 is 18.3 Å². The molecule has 3 heterocycles. The minimum atomic E-state index is 0. The second kappa shape index (κ2) is 8.84. The van der Waals surface area contributed by atoms with E-state index in [2.05, 4.69) is 49.2 Å². The van der Waals surface area contributed by atoms with Crippen LogP contribution < -0.4 is 5.32 Å². The first-order valence-corrected chi connectivity index (χ1v) is 10.8. The summed E-state index contributed by atoms with van der Waals surface area (Å²) in [4.78, 5) is 15.1. The van der Waals surface area contributed by atoms with E-state index in [0.29, 0.717) is 24.2 Å². The molecule has 6 nitrogen and oxygen atoms in total. The molecule has 2 aliphatic heterocycles. The van der Waals surface area contributed by atoms with Gasteiger partial charge in [0.15, 0.2) is 0 Å². The Bertz CT molecular complexity index is 859. The van der Waals surface area contributed by atoms with Crippen molar-refractivity contribution in [1.29, 1.82) is 0 Å². The molecular formula is C22H30ClN5O. The monoisotopic (exact) mass is 415 g/mol. The van der Waals surface area contributed by atoms with Crippen molar-refractivity contribution in [3.8, 4) is 0 Å². The van der Waals surface area contributed by atoms with Gasteiger partial charge in [-0.15, -0.1) is 22.6 Å². The van der Waals surface area contributed by atoms with E-state index in [1.807, 2.05) is 0 Å². The number of rotatable bonds is 3. The molecule has 1 aromatic heterocycles. The lowest BCUT2D eigenvalue weighted by Crippen LogP contribution is -2.39. The van der Waals surface area contributed by atoms with Crippen LogP contribution in [0.3, 0.4) is 0 Å². The Morgan fingerprint density at radius 2 is 1.93 bits per heavy atom. The molecule has 0 saturated carbocycles. The highest BCUT2D eigenvalue weighted by molar-refractivity contribution is 5.85. The van der Waals surface area contributed by atoms with Crippen LogP contribution >= 0.6 is 12.4 Å². The zero-order chi connectivity index (χ0) is 18.9. The van der Waals surface area contributed by atoms with Crippen molar-refractivity contribution < 1.29 is 4.79 Å². The first kappa shape index (κ1) is 20.4. The van der Waals surface area contributed by atoms with Crippen LogP contribution in [0.1, 0.15) is 66.7 Å². The number of amides is 1. The molecule has 2 aromatic rings. The van der Waals surface area contributed by atoms with Gasteiger partial charge in [-0.3, -0.25) is 4.79 Å². The SMILES string of the molecule is Cl.O=C(CC1CCCc2ccccc21)N1CCC(c2nnc3n2CCNC3)CC1. The van der Waals surface area contributed by atoms with E-state index in [4.69, 9.17) is 0 Å². The summed E-state index contributed by atoms with van der Waals surface area (Å²) in [6.45, 7) is 4.44. The Labute approximate surface area is 178 Å². The predicted molar refractivity (Wildman–Crippen MR) is 114 cm³/mol. The Kier molecular flexibility index (Phi) is 6.20. The molecule has 1 fully saturated rings. The molecule has 1 N–H and O–H groups in total. The average molecular weight is 416 g/mol. The number of carbonyl (C=O) groups excluding carboxylic acids is 1. The van der Waals surface area contributed by atoms with E-state index >= 15 is 0 Å². The highest BCUT2D eigenvalue weighted by atomic mass is 35.5. The van der Waals surface area contributed by atoms with E-state index in [9.17, 15) is 4.79 Å². The van der Waals surface area contributed by atoms with Gasteiger partial charge in [0.2, 0.25) is 5.91 Å². The number of nitrogens with one attached hydrogen (secondary N) is 1. The van der Waals surface area contributed by atoms with Crippen LogP contribution in [0, 0.1) is 0 Å². The van der Waals surface area contributed by atoms with Crippen LogP contribution in [0.4, 0.5) is 0 Å². The van der Waals surface area contributed by atoms with Gasteiger partial charge in [-0.05, 0) is 49.1 Å². The predicted octanol–water partition coefficient (Wildman–Crippen LogP) is 3.02. The highest BCUT2D eigenvalue weighted by Crippen LogP contribution is 2.35. The Morgan fingerprint density at radius 1 is 1.10 bits per heavy atom. The smallest absolute Gasteiger partial charge is 0.223 e. The molecule has 5 rings (SSSR count). The number of carbonyl (C=O) groups is 1. The summed E-state index contributed by atoms with van der Waals surface area (Å²) >= 11 is 0. The molecule has 1 atom stereocenters. The third kappa shape index (κ3) is 4.05. The molecule has 1 unspecified atom stereocenters. The molecule has 0 bridgehead atoms. The molecule has 1 aliphatic carbocycles. The fourth-order valence-electron chi connectivity index (χ4n) is 5.21. The van der Waals surface area contributed by atoms with Gasteiger partial charge in [-0.1, -0.05) is 24.3 Å². The fraction of sp³-hybridized carbons (Fsp3) is 0.591. The number of hydrogen-bond acceptors (Lipinski definition) is 4. The lowest BCUT2D eigenvalue weighted by molar-refractivity contribution is -0.132. The van der Waals surface area contributed by atoms with Crippen LogP contribution in [-0.2, 0) is 24.3 Å². The van der Waals surface area contributed by atoms with Crippen LogP contribution in [0.25, 0.3) is 0 Å². The maximum atomic E-state index is 13.0. The summed E-state index contributed by atoms with van der Waals surface area (Å²) in [5.41, 5.74) is 2.84. The van der Waals surface area contributed by atoms with Crippen molar-refractivity contribution in [3.63, 3.8) is 0 Å². The van der Waals surface area contributed by atoms with Crippen molar-refractivity contribution in [2.75, 3.05) is 19.6 Å². The normalized spacial score (nSPS) is 21.8. The van der Waals surface area contributed by atoms with Gasteiger partial charge in [-0.25, -0.2) is 0 Å². The quantitative estimate of drug-likeness (QED) is 0.836. The van der Waals surface area contributed by atoms with E-state index < -0.39 is 0 Å². The Hall–Kier alpha value is -1.92. The average Bonchev–Trinajstić information content (AvgIpc) is 3.18. The molecule has 0 spiro atoms. The van der Waals surface area contributed by atoms with E-state index in [1.165, 1.54) is 17.5 Å². The van der Waals surface area contributed by atoms with Gasteiger partial charge in [0.1, 0.15) is 11.6 Å². The first-order valence-electron chi connectivity index (χ1n) is 10.8. The molecule has 0 radical (unpaired) electrons. The van der Waals surface area contributed by atoms with Gasteiger partial charge in [0.05, 0.1) is 6.54 Å². The van der Waals surface area contributed by atoms with Gasteiger partial charge in [0, 0.05) is 38.5 Å². The highest BCUT2D eigenvalue weighted by Gasteiger charge is 2.30. The molecule has 1 amide bonds. The van der Waals surface area contributed by atoms with E-state index in [-0.39, 0.29) is 12.4 Å². The van der Waals surface area contributed by atoms with Gasteiger partial charge >= 0.3 is 0 Å². The Balaban J connectivity index is 0.00000205. The summed E-state index contributed by atoms with van der Waals surface area (Å²) in [6.07, 6.45) is 6.15. The lowest BCUT2D eigenvalue weighted by atomic mass is 9.81. The van der Waals surface area contributed by atoms with Crippen LogP contribution in [0.2, 0.25) is 0 Å². The van der Waals surface area contributed by atoms with Gasteiger partial charge < -0.3 is 14.8 Å². The number of halogens is 1. The fourth-order valence-corrected chi connectivity index (χ4v) is 5.21. The third-order valence-electron chi connectivity index (χ3n) is 6.78. The lowest BCUT2D eigenvalue weighted by Gasteiger charge is -2.34. The largest absolute Gasteiger partial charge is 0.343 e. The molecule has 3 aliphatic rings. The van der Waals surface area contributed by atoms with Crippen molar-refractivity contribution in [2.45, 2.75) is 63.5 Å². The number of fused-ring (bicyclic) bond motifs is 2. The maximum Gasteiger partial charge on any atom is 0.223 e. The molecule has 1 aromatic carbocycles. The van der Waals surface area contributed by atoms with Crippen molar-refractivity contribution in [3.05, 3.63) is 47.0 Å². The summed E-state index contributed by atoms with van der Waals surface area (Å²) < 4.78 is 2.29. The second-order valence-electron chi connectivity index (χ2n) is 8.45. The summed E-state index contributed by atoms with van der Waals surface area (Å²) in [7, 11) is 0. The second-order valence-corrected chi connectivity index (χ2v) is 8.45. The molecule has 156 valence electrons. The van der Waals surface area contributed by atoms with Crippen molar-refractivity contribution in [2.24, 2.45) is 0 Å². The Morgan fingerprint density at radius 3 is 2.79 bits per heavy atom. The van der Waals surface area contributed by atoms with Crippen molar-refractivity contribution in [1.82, 2.24) is 25.0 Å². The van der Waals surface area contributed by atoms with Gasteiger partial charge in [0.25, 0.3) is 0 Å². The van der Waals surface area contributed by atoms with Gasteiger partial charge in [-0.2, -0.15) is 0 Å². The zero-order valence-corrected chi connectivity index (χ0v) is 17.7. The standard InChI is InChI=1S/C22H29N5O.ClH/c28-21(14-18-6-3-5-16-4-1-2-7-19(16)18)26-11-8-17(9-12-26)22-25-24-20-15-23-10-13-27(20)22;/h1-2,4,7,17-18,23H,3,5-6,8-15H2;1H. The van der Waals surface area contributed by atoms with Crippen LogP contribution in [0.5, 0.6) is 0 Å². The topological polar surface area (TPSA) is 63.1 Å². The summed E-state index contributed by atoms with van der Waals surface area (Å²) in [5, 5.41) is 12.2. The van der Waals surface area contributed by atoms with E-state index in [1.54, 1.807) is 0 Å². The number of hydrogen-bond donors (Lipinski definition) is 1. The first-order chi connectivity index (χ1) is 13.8. The zero-order valence-electron chi connectivity index (χ0n) is 16.8. The summed E-state index contributed by atoms with van der Waals surface area (Å²) in [6, 6.07) is 8.68. The number of benzene rings is 1. The number of aryl methyl sites for hydroxylation is 1. The molecule has 1 saturated heterocycles. The third-order valence-corrected chi connectivity index (χ3v) is 6.78. The van der Waals surface area contributed by atoms with Crippen LogP contribution in [0.15, 0.2) is 24.3 Å². The maximum absolute atomic E-state index is 13.0. The molecular weight excluding hydrogens is 386 g/mol. The minimum absolute atomic E-state index is 0. The number of piperidine rings is 1. The van der Waals surface area contributed by atoms with E-state index in [0.717, 1.165) is 70.1 Å². The summed E-state index contributed by atoms with van der Waals surface area (Å²) in [5.74, 6) is 3.33. The minimum Gasteiger partial charge on any atom is -0.343 e. The number of aromatic nitrogens is 3.